The summed E-state index contributed by atoms with van der Waals surface area (Å²) in [7, 11) is -2.53. The van der Waals surface area contributed by atoms with Crippen molar-refractivity contribution in [2.45, 2.75) is 118 Å². The number of rotatable bonds is 7. The summed E-state index contributed by atoms with van der Waals surface area (Å²) >= 11 is 20.1. The van der Waals surface area contributed by atoms with Crippen LogP contribution in [0.1, 0.15) is 106 Å². The van der Waals surface area contributed by atoms with Gasteiger partial charge < -0.3 is 38.8 Å². The van der Waals surface area contributed by atoms with Crippen molar-refractivity contribution in [1.29, 1.82) is 0 Å². The summed E-state index contributed by atoms with van der Waals surface area (Å²) in [5, 5.41) is 51.8. The molecule has 4 aliphatic rings. The maximum atomic E-state index is 9.47. The summed E-state index contributed by atoms with van der Waals surface area (Å²) in [6, 6.07) is 33.8. The number of H-pyrrole nitrogens is 1. The molecule has 18 rings (SSSR count). The number of allylic oxidation sites excluding steroid dienone is 2. The Morgan fingerprint density at radius 3 is 1.37 bits per heavy atom. The van der Waals surface area contributed by atoms with Crippen LogP contribution in [-0.2, 0) is 41.1 Å². The Labute approximate surface area is 697 Å². The van der Waals surface area contributed by atoms with Gasteiger partial charge in [0.25, 0.3) is 6.47 Å². The summed E-state index contributed by atoms with van der Waals surface area (Å²) in [4.78, 5) is 53.9. The van der Waals surface area contributed by atoms with Gasteiger partial charge in [-0.2, -0.15) is 20.4 Å². The molecule has 0 bridgehead atoms. The number of nitrogens with one attached hydrogen (secondary N) is 1. The predicted octanol–water partition coefficient (Wildman–Crippen LogP) is 9.84. The van der Waals surface area contributed by atoms with Gasteiger partial charge in [-0.15, -0.1) is 0 Å². The van der Waals surface area contributed by atoms with Gasteiger partial charge in [0.05, 0.1) is 49.5 Å². The van der Waals surface area contributed by atoms with Crippen molar-refractivity contribution in [1.82, 2.24) is 89.4 Å². The molecule has 27 nitrogen and oxygen atoms in total. The molecule has 3 N–H and O–H groups in total. The molecule has 0 radical (unpaired) electrons. The first-order valence-electron chi connectivity index (χ1n) is 34.8. The van der Waals surface area contributed by atoms with E-state index < -0.39 is 21.1 Å². The standard InChI is InChI=1S/C20H15N5.C12H24B2O4.C12H11BN4O2.C12H9ClN4.C8H4Cl2N2.C8H6IN.C4H6N2.CH2O3.Na/c1-13-7-10-25(24-13)19-11-18(17-3-2-8-22-20(17)23-19)16-5-4-14-12-21-9-6-15(14)16;1-9(2)10(3,4)16-13(15-9)14-17-11(5,6)12(7,8)18-14;1-8-4-6-17(16-8)11-7-10(13(18)19)9-3-2-5-14-12(9)15-11;1-8-4-6-17(16-8)11-7-10(13)9-3-2-5-14-12(9)15-11;9-6-4-7(10)12-8-5(6)2-1-3-11-8;9-8-2-1-6-5-10-4-3-7(6)8;1-4-2-3-5-6-4;2-1-4-3;/h2-3,5-12H,4H2,1H3;1-8H3;2-7,18-19H,1H3;2-7H,1H3;1-4H;2-5H,1H2;2-3H,1H3,(H,5,6);1,3H;/q;;;;;;;;+1/p-1. The number of carbonyl (C=O) groups excluding carboxylic acids is 1. The minimum absolute atomic E-state index is 0. The van der Waals surface area contributed by atoms with Gasteiger partial charge in [-0.3, -0.25) is 19.9 Å². The van der Waals surface area contributed by atoms with E-state index in [9.17, 15) is 10.0 Å². The first kappa shape index (κ1) is 85.3. The van der Waals surface area contributed by atoms with Crippen LogP contribution in [0.5, 0.6) is 0 Å². The Morgan fingerprint density at radius 1 is 0.527 bits per heavy atom. The smallest absolute Gasteiger partial charge is 0.662 e. The maximum Gasteiger partial charge on any atom is 1.00 e. The monoisotopic (exact) mass is 1680 g/mol. The number of carbonyl (C=O) groups is 1. The Morgan fingerprint density at radius 2 is 0.938 bits per heavy atom. The third kappa shape index (κ3) is 20.8. The van der Waals surface area contributed by atoms with Gasteiger partial charge in [0, 0.05) is 111 Å². The fraction of sp³-hybridized carbons (Fsp3) is 0.234. The fourth-order valence-corrected chi connectivity index (χ4v) is 12.9. The summed E-state index contributed by atoms with van der Waals surface area (Å²) in [6.07, 6.45) is 28.0. The van der Waals surface area contributed by atoms with Crippen molar-refractivity contribution in [3.8, 4) is 17.5 Å². The van der Waals surface area contributed by atoms with E-state index in [2.05, 4.69) is 134 Å². The van der Waals surface area contributed by atoms with Gasteiger partial charge in [0.2, 0.25) is 0 Å². The van der Waals surface area contributed by atoms with Gasteiger partial charge in [-0.25, -0.2) is 53.9 Å². The maximum absolute atomic E-state index is 9.47. The summed E-state index contributed by atoms with van der Waals surface area (Å²) < 4.78 is 30.3. The van der Waals surface area contributed by atoms with E-state index in [0.29, 0.717) is 54.6 Å². The Hall–Kier alpha value is -9.16. The second-order valence-electron chi connectivity index (χ2n) is 27.4. The van der Waals surface area contributed by atoms with Crippen LogP contribution >= 0.6 is 57.4 Å². The third-order valence-electron chi connectivity index (χ3n) is 18.5. The van der Waals surface area contributed by atoms with Crippen molar-refractivity contribution < 1.29 is 73.2 Å². The van der Waals surface area contributed by atoms with Gasteiger partial charge in [0.15, 0.2) is 40.0 Å². The second-order valence-corrected chi connectivity index (χ2v) is 29.8. The Bertz CT molecular complexity index is 5600. The largest absolute Gasteiger partial charge is 1.00 e. The molecule has 566 valence electrons. The van der Waals surface area contributed by atoms with Crippen LogP contribution in [0.15, 0.2) is 196 Å². The molecular formula is C77H76B3Cl3IN18NaO9. The number of aromatic amines is 1. The average Bonchev–Trinajstić information content (AvgIpc) is 1.57. The molecular weight excluding hydrogens is 1610 g/mol. The number of halogens is 4. The number of nitrogens with zero attached hydrogens (tertiary/aromatic N) is 17. The number of aromatic nitrogens is 18. The topological polar surface area (TPSA) is 338 Å². The van der Waals surface area contributed by atoms with E-state index in [4.69, 9.17) is 68.5 Å². The minimum Gasteiger partial charge on any atom is -0.662 e. The van der Waals surface area contributed by atoms with E-state index in [0.717, 1.165) is 68.8 Å². The second kappa shape index (κ2) is 37.7. The van der Waals surface area contributed by atoms with E-state index >= 15 is 0 Å². The van der Waals surface area contributed by atoms with Crippen LogP contribution in [-0.4, -0.2) is 149 Å². The SMILES string of the molecule is CC1(C)OB(B2OC(C)(C)C(C)(C)O2)OC1(C)C.Cc1ccn(-c2cc(B(O)O)c3cccnc3n2)n1.Cc1ccn(-c2cc(C3=CCc4cnccc43)c3cccnc3n2)n1.Cc1ccn(-c2cc(Cl)c3cccnc3n2)n1.Cc1ccn[nH]1.Clc1cc(Cl)c2cccnc2n1.IC1=CCc2cnccc21.O=CO[O-].[Na+]. The molecule has 0 spiro atoms. The summed E-state index contributed by atoms with van der Waals surface area (Å²) in [5.41, 5.74) is 12.7. The summed E-state index contributed by atoms with van der Waals surface area (Å²) in [5.74, 6) is 1.95. The Kier molecular flexibility index (Phi) is 28.7. The first-order chi connectivity index (χ1) is 53.0. The first-order valence-corrected chi connectivity index (χ1v) is 37.0. The molecule has 14 aromatic heterocycles. The molecule has 0 saturated carbocycles. The van der Waals surface area contributed by atoms with E-state index in [1.165, 1.54) is 31.4 Å². The van der Waals surface area contributed by atoms with Crippen molar-refractivity contribution in [3.63, 3.8) is 0 Å². The minimum atomic E-state index is -1.58. The molecule has 35 heteroatoms. The number of aryl methyl sites for hydroxylation is 4. The molecule has 2 fully saturated rings. The van der Waals surface area contributed by atoms with Gasteiger partial charge >= 0.3 is 50.7 Å². The van der Waals surface area contributed by atoms with Crippen LogP contribution in [0.4, 0.5) is 0 Å². The van der Waals surface area contributed by atoms with Crippen LogP contribution in [0.2, 0.25) is 15.2 Å². The molecule has 0 aromatic carbocycles. The van der Waals surface area contributed by atoms with Gasteiger partial charge in [0.1, 0.15) is 5.15 Å². The molecule has 0 unspecified atom stereocenters. The molecule has 2 saturated heterocycles. The van der Waals surface area contributed by atoms with Crippen LogP contribution in [0.25, 0.3) is 70.7 Å². The van der Waals surface area contributed by atoms with E-state index in [-0.39, 0.29) is 58.4 Å². The number of hydrogen-bond donors (Lipinski definition) is 3. The van der Waals surface area contributed by atoms with Crippen molar-refractivity contribution in [2.24, 2.45) is 0 Å². The molecule has 0 atom stereocenters. The van der Waals surface area contributed by atoms with Gasteiger partial charge in [-0.1, -0.05) is 53.0 Å². The summed E-state index contributed by atoms with van der Waals surface area (Å²) in [6.45, 7) is 23.8. The molecule has 16 heterocycles. The Balaban J connectivity index is 0.000000141. The van der Waals surface area contributed by atoms with Crippen molar-refractivity contribution in [3.05, 3.63) is 262 Å². The van der Waals surface area contributed by atoms with E-state index in [1.54, 1.807) is 81.6 Å². The number of fused-ring (bicyclic) bond motifs is 6. The van der Waals surface area contributed by atoms with Crippen LogP contribution in [0, 0.1) is 27.7 Å². The molecule has 14 aromatic rings. The van der Waals surface area contributed by atoms with Crippen LogP contribution in [0.3, 0.4) is 0 Å². The molecule has 2 aliphatic heterocycles. The van der Waals surface area contributed by atoms with Crippen molar-refractivity contribution in [2.75, 3.05) is 0 Å². The quantitative estimate of drug-likeness (QED) is 0.0333. The van der Waals surface area contributed by atoms with Crippen LogP contribution < -0.4 is 40.3 Å². The van der Waals surface area contributed by atoms with Gasteiger partial charge in [-0.05, 0) is 254 Å². The van der Waals surface area contributed by atoms with E-state index in [1.807, 2.05) is 175 Å². The normalized spacial score (nSPS) is 14.7. The zero-order chi connectivity index (χ0) is 79.4. The molecule has 0 amide bonds. The number of pyridine rings is 10. The number of hydrogen-bond acceptors (Lipinski definition) is 23. The fourth-order valence-electron chi connectivity index (χ4n) is 11.4. The zero-order valence-corrected chi connectivity index (χ0v) is 70.0. The third-order valence-corrected chi connectivity index (χ3v) is 20.3. The average molecular weight is 1690 g/mol. The molecule has 112 heavy (non-hydrogen) atoms. The molecule has 2 aliphatic carbocycles. The zero-order valence-electron chi connectivity index (χ0n) is 63.6. The predicted molar refractivity (Wildman–Crippen MR) is 436 cm³/mol. The van der Waals surface area contributed by atoms with Crippen molar-refractivity contribution >= 4 is 144 Å².